The SMILES string of the molecule is C=CCCC(=O)N[C@@H](C)[C@H](OC(=O)[C@H]1[C@@H]2O[C@@]3(CC2Br)[C@@H]1C(=O)N(CCCCO)[C@@H]3C(=O)N(CC=C)C(C)(C)C)c1ccccc1. The van der Waals surface area contributed by atoms with Gasteiger partial charge in [0.05, 0.1) is 24.0 Å². The van der Waals surface area contributed by atoms with Crippen LogP contribution in [-0.2, 0) is 28.7 Å². The van der Waals surface area contributed by atoms with Gasteiger partial charge in [-0.1, -0.05) is 58.4 Å². The lowest BCUT2D eigenvalue weighted by molar-refractivity contribution is -0.162. The molecule has 1 spiro atoms. The smallest absolute Gasteiger partial charge is 0.313 e. The highest BCUT2D eigenvalue weighted by molar-refractivity contribution is 9.09. The first kappa shape index (κ1) is 35.8. The Labute approximate surface area is 280 Å². The van der Waals surface area contributed by atoms with E-state index in [2.05, 4.69) is 34.4 Å². The number of benzene rings is 1. The van der Waals surface area contributed by atoms with Gasteiger partial charge >= 0.3 is 5.97 Å². The number of fused-ring (bicyclic) bond motifs is 1. The molecule has 3 aliphatic heterocycles. The highest BCUT2D eigenvalue weighted by atomic mass is 79.9. The predicted octanol–water partition coefficient (Wildman–Crippen LogP) is 4.08. The van der Waals surface area contributed by atoms with Crippen molar-refractivity contribution in [2.24, 2.45) is 11.8 Å². The molecule has 3 aliphatic rings. The van der Waals surface area contributed by atoms with Gasteiger partial charge in [-0.3, -0.25) is 19.2 Å². The number of carbonyl (C=O) groups excluding carboxylic acids is 4. The van der Waals surface area contributed by atoms with Crippen molar-refractivity contribution in [2.45, 2.75) is 100 Å². The number of alkyl halides is 1. The standard InChI is InChI=1S/C35H48BrN3O7/c1-7-9-17-25(41)37-22(3)28(23-15-11-10-12-16-23)45-33(44)26-27-31(42)38(19-13-14-20-40)30(35(27)21-24(36)29(26)46-35)32(43)39(18-8-2)34(4,5)6/h7-8,10-12,15-16,22,24,26-30,40H,1-2,9,13-14,17-21H2,3-6H3,(H,37,41)/t22-,24?,26+,27-,28-,29+,30+,35-/m0/s1. The Hall–Kier alpha value is -3.02. The number of aliphatic hydroxyl groups is 1. The summed E-state index contributed by atoms with van der Waals surface area (Å²) < 4.78 is 12.9. The number of nitrogens with one attached hydrogen (secondary N) is 1. The van der Waals surface area contributed by atoms with Crippen molar-refractivity contribution < 1.29 is 33.8 Å². The Morgan fingerprint density at radius 1 is 1.22 bits per heavy atom. The topological polar surface area (TPSA) is 125 Å². The van der Waals surface area contributed by atoms with E-state index in [9.17, 15) is 24.3 Å². The van der Waals surface area contributed by atoms with Crippen LogP contribution in [-0.4, -0.2) is 92.4 Å². The maximum atomic E-state index is 14.5. The molecule has 1 aromatic rings. The number of unbranched alkanes of at least 4 members (excludes halogenated alkanes) is 1. The molecule has 2 N–H and O–H groups in total. The van der Waals surface area contributed by atoms with E-state index in [0.29, 0.717) is 31.2 Å². The minimum atomic E-state index is -1.24. The van der Waals surface area contributed by atoms with Crippen LogP contribution in [0.1, 0.15) is 71.5 Å². The first-order valence-corrected chi connectivity index (χ1v) is 17.0. The van der Waals surface area contributed by atoms with Gasteiger partial charge in [0, 0.05) is 36.5 Å². The van der Waals surface area contributed by atoms with Gasteiger partial charge in [0.25, 0.3) is 0 Å². The summed E-state index contributed by atoms with van der Waals surface area (Å²) in [5.74, 6) is -3.30. The summed E-state index contributed by atoms with van der Waals surface area (Å²) >= 11 is 3.72. The number of allylic oxidation sites excluding steroid dienone is 1. The van der Waals surface area contributed by atoms with Crippen LogP contribution in [0.5, 0.6) is 0 Å². The lowest BCUT2D eigenvalue weighted by atomic mass is 9.70. The molecule has 3 fully saturated rings. The zero-order valence-corrected chi connectivity index (χ0v) is 28.9. The van der Waals surface area contributed by atoms with E-state index in [-0.39, 0.29) is 48.7 Å². The Morgan fingerprint density at radius 3 is 2.52 bits per heavy atom. The van der Waals surface area contributed by atoms with Crippen LogP contribution in [0.25, 0.3) is 0 Å². The van der Waals surface area contributed by atoms with Crippen molar-refractivity contribution >= 4 is 39.6 Å². The molecular formula is C35H48BrN3O7. The number of hydrogen-bond donors (Lipinski definition) is 2. The van der Waals surface area contributed by atoms with E-state index >= 15 is 0 Å². The average molecular weight is 703 g/mol. The largest absolute Gasteiger partial charge is 0.455 e. The third-order valence-corrected chi connectivity index (χ3v) is 10.1. The number of amides is 3. The zero-order valence-electron chi connectivity index (χ0n) is 27.3. The molecule has 3 heterocycles. The third kappa shape index (κ3) is 6.96. The van der Waals surface area contributed by atoms with E-state index in [1.807, 2.05) is 51.1 Å². The molecular weight excluding hydrogens is 654 g/mol. The molecule has 10 nitrogen and oxygen atoms in total. The number of nitrogens with zero attached hydrogens (tertiary/aromatic N) is 2. The second kappa shape index (κ2) is 14.8. The van der Waals surface area contributed by atoms with Gasteiger partial charge in [-0.25, -0.2) is 0 Å². The molecule has 0 saturated carbocycles. The summed E-state index contributed by atoms with van der Waals surface area (Å²) in [5, 5.41) is 12.4. The Balaban J connectivity index is 1.70. The van der Waals surface area contributed by atoms with Crippen LogP contribution < -0.4 is 5.32 Å². The van der Waals surface area contributed by atoms with Crippen LogP contribution in [0.2, 0.25) is 0 Å². The van der Waals surface area contributed by atoms with E-state index in [1.165, 1.54) is 0 Å². The average Bonchev–Trinajstić information content (AvgIpc) is 3.60. The van der Waals surface area contributed by atoms with E-state index in [4.69, 9.17) is 9.47 Å². The number of hydrogen-bond acceptors (Lipinski definition) is 7. The molecule has 4 rings (SSSR count). The molecule has 11 heteroatoms. The molecule has 1 aromatic carbocycles. The lowest BCUT2D eigenvalue weighted by Crippen LogP contribution is -2.60. The predicted molar refractivity (Wildman–Crippen MR) is 178 cm³/mol. The van der Waals surface area contributed by atoms with Crippen LogP contribution in [0.3, 0.4) is 0 Å². The van der Waals surface area contributed by atoms with Crippen molar-refractivity contribution in [3.63, 3.8) is 0 Å². The van der Waals surface area contributed by atoms with Crippen molar-refractivity contribution in [3.8, 4) is 0 Å². The summed E-state index contributed by atoms with van der Waals surface area (Å²) in [5.41, 5.74) is -1.12. The zero-order chi connectivity index (χ0) is 33.8. The number of aliphatic hydroxyl groups excluding tert-OH is 1. The summed E-state index contributed by atoms with van der Waals surface area (Å²) in [4.78, 5) is 58.7. The van der Waals surface area contributed by atoms with Gasteiger partial charge in [-0.15, -0.1) is 13.2 Å². The molecule has 46 heavy (non-hydrogen) atoms. The first-order chi connectivity index (χ1) is 21.8. The number of likely N-dealkylation sites (tertiary alicyclic amines) is 1. The summed E-state index contributed by atoms with van der Waals surface area (Å²) in [6.07, 6.45) is 3.90. The molecule has 8 atom stereocenters. The summed E-state index contributed by atoms with van der Waals surface area (Å²) in [6.45, 7) is 15.6. The molecule has 0 aromatic heterocycles. The monoisotopic (exact) mass is 701 g/mol. The van der Waals surface area contributed by atoms with Gasteiger partial charge in [0.15, 0.2) is 0 Å². The van der Waals surface area contributed by atoms with Gasteiger partial charge in [-0.2, -0.15) is 0 Å². The van der Waals surface area contributed by atoms with Gasteiger partial charge in [0.1, 0.15) is 17.7 Å². The maximum absolute atomic E-state index is 14.5. The van der Waals surface area contributed by atoms with Crippen molar-refractivity contribution in [1.82, 2.24) is 15.1 Å². The number of ether oxygens (including phenoxy) is 2. The number of halogens is 1. The quantitative estimate of drug-likeness (QED) is 0.122. The highest BCUT2D eigenvalue weighted by Crippen LogP contribution is 2.60. The highest BCUT2D eigenvalue weighted by Gasteiger charge is 2.77. The van der Waals surface area contributed by atoms with E-state index in [0.717, 1.165) is 0 Å². The van der Waals surface area contributed by atoms with Gasteiger partial charge < -0.3 is 29.7 Å². The fourth-order valence-corrected chi connectivity index (χ4v) is 8.17. The summed E-state index contributed by atoms with van der Waals surface area (Å²) in [7, 11) is 0. The molecule has 3 saturated heterocycles. The molecule has 2 bridgehead atoms. The molecule has 1 unspecified atom stereocenters. The van der Waals surface area contributed by atoms with Crippen molar-refractivity contribution in [3.05, 3.63) is 61.2 Å². The van der Waals surface area contributed by atoms with Crippen LogP contribution in [0.15, 0.2) is 55.6 Å². The van der Waals surface area contributed by atoms with Crippen LogP contribution in [0, 0.1) is 11.8 Å². The lowest BCUT2D eigenvalue weighted by Gasteiger charge is -2.42. The van der Waals surface area contributed by atoms with E-state index < -0.39 is 53.2 Å². The van der Waals surface area contributed by atoms with Crippen molar-refractivity contribution in [1.29, 1.82) is 0 Å². The third-order valence-electron chi connectivity index (χ3n) is 9.28. The minimum Gasteiger partial charge on any atom is -0.455 e. The van der Waals surface area contributed by atoms with Crippen LogP contribution in [0.4, 0.5) is 0 Å². The number of esters is 1. The Kier molecular flexibility index (Phi) is 11.5. The molecule has 3 amide bonds. The van der Waals surface area contributed by atoms with Gasteiger partial charge in [-0.05, 0) is 58.9 Å². The van der Waals surface area contributed by atoms with Crippen LogP contribution >= 0.6 is 15.9 Å². The Bertz CT molecular complexity index is 1300. The maximum Gasteiger partial charge on any atom is 0.313 e. The molecule has 0 radical (unpaired) electrons. The van der Waals surface area contributed by atoms with Crippen molar-refractivity contribution in [2.75, 3.05) is 19.7 Å². The number of rotatable bonds is 15. The normalized spacial score (nSPS) is 27.9. The van der Waals surface area contributed by atoms with Gasteiger partial charge in [0.2, 0.25) is 17.7 Å². The fourth-order valence-electron chi connectivity index (χ4n) is 7.22. The summed E-state index contributed by atoms with van der Waals surface area (Å²) in [6, 6.07) is 7.64. The second-order valence-corrected chi connectivity index (χ2v) is 14.7. The Morgan fingerprint density at radius 2 is 1.91 bits per heavy atom. The minimum absolute atomic E-state index is 0.0417. The molecule has 252 valence electrons. The van der Waals surface area contributed by atoms with E-state index in [1.54, 1.807) is 28.9 Å². The number of carbonyl (C=O) groups is 4. The second-order valence-electron chi connectivity index (χ2n) is 13.5. The first-order valence-electron chi connectivity index (χ1n) is 16.1. The molecule has 0 aliphatic carbocycles. The fraction of sp³-hybridized carbons (Fsp3) is 0.600.